The fraction of sp³-hybridized carbons (Fsp3) is 1.00. The molecule has 3 N–H and O–H groups in total. The number of hydrogen-bond acceptors (Lipinski definition) is 3. The summed E-state index contributed by atoms with van der Waals surface area (Å²) in [6.45, 7) is 2.94. The van der Waals surface area contributed by atoms with Gasteiger partial charge in [0, 0.05) is 6.61 Å². The van der Waals surface area contributed by atoms with Crippen LogP contribution in [0, 0.1) is 5.92 Å². The maximum absolute atomic E-state index is 8.72. The van der Waals surface area contributed by atoms with Crippen molar-refractivity contribution in [2.75, 3.05) is 13.2 Å². The van der Waals surface area contributed by atoms with Crippen molar-refractivity contribution in [3.63, 3.8) is 0 Å². The zero-order chi connectivity index (χ0) is 11.0. The molecule has 6 heteroatoms. The molecule has 3 nitrogen and oxygen atoms in total. The van der Waals surface area contributed by atoms with E-state index in [1.165, 1.54) is 0 Å². The Kier molecular flexibility index (Phi) is 8.59. The lowest BCUT2D eigenvalue weighted by Crippen LogP contribution is -2.10. The molecule has 0 rings (SSSR count). The van der Waals surface area contributed by atoms with E-state index in [0.29, 0.717) is 12.5 Å². The number of rotatable bonds is 8. The summed E-state index contributed by atoms with van der Waals surface area (Å²) in [5.74, 6) is 0.449. The van der Waals surface area contributed by atoms with Crippen molar-refractivity contribution in [3.8, 4) is 0 Å². The van der Waals surface area contributed by atoms with E-state index < -0.39 is 5.62 Å². The molecule has 2 atom stereocenters. The van der Waals surface area contributed by atoms with Gasteiger partial charge in [0.05, 0.1) is 6.61 Å². The van der Waals surface area contributed by atoms with E-state index in [4.69, 9.17) is 26.9 Å². The largest absolute Gasteiger partial charge is 0.396 e. The van der Waals surface area contributed by atoms with Gasteiger partial charge in [-0.05, 0) is 37.0 Å². The zero-order valence-corrected chi connectivity index (χ0v) is 11.2. The fourth-order valence-corrected chi connectivity index (χ4v) is 2.12. The molecule has 14 heavy (non-hydrogen) atoms. The van der Waals surface area contributed by atoms with Gasteiger partial charge < -0.3 is 9.63 Å². The van der Waals surface area contributed by atoms with Gasteiger partial charge >= 0.3 is 0 Å². The van der Waals surface area contributed by atoms with Gasteiger partial charge in [-0.1, -0.05) is 13.3 Å². The van der Waals surface area contributed by atoms with Crippen LogP contribution in [0.5, 0.6) is 0 Å². The van der Waals surface area contributed by atoms with Gasteiger partial charge in [0.15, 0.2) is 5.62 Å². The van der Waals surface area contributed by atoms with E-state index in [9.17, 15) is 0 Å². The Bertz CT molecular complexity index is 186. The van der Waals surface area contributed by atoms with Gasteiger partial charge in [-0.15, -0.1) is 12.2 Å². The number of nitrogens with two attached hydrogens (primary N) is 1. The normalized spacial score (nSPS) is 17.7. The molecule has 0 amide bonds. The van der Waals surface area contributed by atoms with E-state index >= 15 is 0 Å². The maximum atomic E-state index is 8.72. The average molecular weight is 257 g/mol. The summed E-state index contributed by atoms with van der Waals surface area (Å²) in [6, 6.07) is 0. The molecular weight excluding hydrogens is 237 g/mol. The van der Waals surface area contributed by atoms with E-state index in [0.717, 1.165) is 25.7 Å². The number of thiol groups is 1. The Morgan fingerprint density at radius 3 is 2.64 bits per heavy atom. The van der Waals surface area contributed by atoms with Crippen LogP contribution in [0.2, 0.25) is 0 Å². The minimum absolute atomic E-state index is 0.234. The minimum Gasteiger partial charge on any atom is -0.396 e. The molecular formula is C8H20NO2PS2. The highest BCUT2D eigenvalue weighted by Crippen LogP contribution is 2.43. The summed E-state index contributed by atoms with van der Waals surface area (Å²) in [5, 5.41) is 8.72. The van der Waals surface area contributed by atoms with E-state index in [-0.39, 0.29) is 6.61 Å². The van der Waals surface area contributed by atoms with Gasteiger partial charge in [0.2, 0.25) is 0 Å². The van der Waals surface area contributed by atoms with Crippen LogP contribution in [0.15, 0.2) is 0 Å². The highest BCUT2D eigenvalue weighted by atomic mass is 32.9. The fourth-order valence-electron chi connectivity index (χ4n) is 1.31. The summed E-state index contributed by atoms with van der Waals surface area (Å²) >= 11 is 8.90. The van der Waals surface area contributed by atoms with Crippen LogP contribution in [0.4, 0.5) is 0 Å². The summed E-state index contributed by atoms with van der Waals surface area (Å²) in [7, 11) is 0. The Hall–Kier alpha value is 0.880. The van der Waals surface area contributed by atoms with Crippen LogP contribution in [-0.2, 0) is 16.3 Å². The molecule has 0 aliphatic carbocycles. The molecule has 0 aromatic carbocycles. The molecule has 2 unspecified atom stereocenters. The summed E-state index contributed by atoms with van der Waals surface area (Å²) in [5.41, 5.74) is 3.22. The molecule has 0 aromatic rings. The molecule has 0 fully saturated rings. The predicted octanol–water partition coefficient (Wildman–Crippen LogP) is 2.30. The van der Waals surface area contributed by atoms with E-state index in [1.807, 2.05) is 0 Å². The Morgan fingerprint density at radius 2 is 2.21 bits per heavy atom. The van der Waals surface area contributed by atoms with Crippen LogP contribution < -0.4 is 5.50 Å². The van der Waals surface area contributed by atoms with Crippen LogP contribution >= 0.6 is 17.9 Å². The van der Waals surface area contributed by atoms with E-state index in [1.54, 1.807) is 0 Å². The zero-order valence-electron chi connectivity index (χ0n) is 8.56. The second-order valence-electron chi connectivity index (χ2n) is 3.38. The first-order valence-electron chi connectivity index (χ1n) is 4.86. The molecule has 0 aromatic heterocycles. The quantitative estimate of drug-likeness (QED) is 0.461. The van der Waals surface area contributed by atoms with E-state index in [2.05, 4.69) is 19.2 Å². The SMILES string of the molecule is CCCC(CCCO)COP(N)(=S)S. The second-order valence-corrected chi connectivity index (χ2v) is 8.99. The van der Waals surface area contributed by atoms with Crippen molar-refractivity contribution in [3.05, 3.63) is 0 Å². The molecule has 0 saturated heterocycles. The third-order valence-electron chi connectivity index (χ3n) is 1.96. The van der Waals surface area contributed by atoms with Gasteiger partial charge in [-0.3, -0.25) is 5.50 Å². The van der Waals surface area contributed by atoms with Crippen molar-refractivity contribution >= 4 is 29.7 Å². The summed E-state index contributed by atoms with van der Waals surface area (Å²) in [4.78, 5) is 0. The molecule has 0 bridgehead atoms. The van der Waals surface area contributed by atoms with Crippen LogP contribution in [0.25, 0.3) is 0 Å². The molecule has 0 aliphatic rings. The Labute approximate surface area is 96.7 Å². The lowest BCUT2D eigenvalue weighted by Gasteiger charge is -2.18. The summed E-state index contributed by atoms with van der Waals surface area (Å²) in [6.07, 6.45) is 3.98. The smallest absolute Gasteiger partial charge is 0.180 e. The van der Waals surface area contributed by atoms with Gasteiger partial charge in [-0.25, -0.2) is 0 Å². The maximum Gasteiger partial charge on any atom is 0.180 e. The first kappa shape index (κ1) is 14.9. The minimum atomic E-state index is -2.31. The van der Waals surface area contributed by atoms with Crippen LogP contribution in [-0.4, -0.2) is 18.3 Å². The van der Waals surface area contributed by atoms with Gasteiger partial charge in [0.25, 0.3) is 0 Å². The molecule has 0 radical (unpaired) electrons. The predicted molar refractivity (Wildman–Crippen MR) is 68.1 cm³/mol. The molecule has 0 heterocycles. The van der Waals surface area contributed by atoms with Gasteiger partial charge in [-0.2, -0.15) is 0 Å². The van der Waals surface area contributed by atoms with Crippen molar-refractivity contribution in [1.82, 2.24) is 0 Å². The third-order valence-corrected chi connectivity index (χ3v) is 3.14. The lowest BCUT2D eigenvalue weighted by atomic mass is 9.99. The molecule has 0 aliphatic heterocycles. The highest BCUT2D eigenvalue weighted by Gasteiger charge is 2.11. The topological polar surface area (TPSA) is 55.5 Å². The standard InChI is InChI=1S/C8H20NO2PS2/c1-2-4-8(5-3-6-10)7-11-12(9,13)14/h8,10H,2-7H2,1H3,(H3,9,13,14). The van der Waals surface area contributed by atoms with Crippen molar-refractivity contribution in [2.45, 2.75) is 32.6 Å². The number of aliphatic hydroxyl groups excluding tert-OH is 1. The van der Waals surface area contributed by atoms with Crippen molar-refractivity contribution < 1.29 is 9.63 Å². The lowest BCUT2D eigenvalue weighted by molar-refractivity contribution is 0.224. The summed E-state index contributed by atoms with van der Waals surface area (Å²) < 4.78 is 5.33. The first-order chi connectivity index (χ1) is 6.49. The molecule has 0 spiro atoms. The Balaban J connectivity index is 3.78. The molecule has 86 valence electrons. The number of aliphatic hydroxyl groups is 1. The van der Waals surface area contributed by atoms with Gasteiger partial charge in [0.1, 0.15) is 0 Å². The van der Waals surface area contributed by atoms with Crippen molar-refractivity contribution in [1.29, 1.82) is 0 Å². The molecule has 0 saturated carbocycles. The second kappa shape index (κ2) is 8.08. The highest BCUT2D eigenvalue weighted by molar-refractivity contribution is 8.61. The third kappa shape index (κ3) is 9.44. The first-order valence-corrected chi connectivity index (χ1v) is 8.80. The average Bonchev–Trinajstić information content (AvgIpc) is 2.08. The van der Waals surface area contributed by atoms with Crippen LogP contribution in [0.1, 0.15) is 32.6 Å². The Morgan fingerprint density at radius 1 is 1.57 bits per heavy atom. The number of hydrogen-bond donors (Lipinski definition) is 3. The van der Waals surface area contributed by atoms with Crippen molar-refractivity contribution in [2.24, 2.45) is 11.4 Å². The van der Waals surface area contributed by atoms with Crippen LogP contribution in [0.3, 0.4) is 0 Å². The monoisotopic (exact) mass is 257 g/mol.